The van der Waals surface area contributed by atoms with Crippen molar-refractivity contribution in [1.29, 1.82) is 0 Å². The Hall–Kier alpha value is -7.69. The Kier molecular flexibility index (Phi) is 6.89. The molecule has 12 rings (SSSR count). The molecular formula is C53H33N3O. The first-order valence-electron chi connectivity index (χ1n) is 19.4. The lowest BCUT2D eigenvalue weighted by Gasteiger charge is -2.13. The van der Waals surface area contributed by atoms with Crippen LogP contribution >= 0.6 is 0 Å². The van der Waals surface area contributed by atoms with Crippen LogP contribution in [-0.2, 0) is 0 Å². The zero-order valence-electron chi connectivity index (χ0n) is 30.8. The maximum Gasteiger partial charge on any atom is 0.160 e. The molecule has 0 bridgehead atoms. The molecule has 0 atom stereocenters. The highest BCUT2D eigenvalue weighted by Crippen LogP contribution is 2.49. The topological polar surface area (TPSA) is 35.9 Å². The normalized spacial score (nSPS) is 11.9. The molecule has 0 fully saturated rings. The predicted octanol–water partition coefficient (Wildman–Crippen LogP) is 14.2. The summed E-state index contributed by atoms with van der Waals surface area (Å²) < 4.78 is 11.9. The number of furan rings is 1. The largest absolute Gasteiger partial charge is 0.454 e. The quantitative estimate of drug-likeness (QED) is 0.177. The zero-order valence-corrected chi connectivity index (χ0v) is 30.8. The minimum absolute atomic E-state index is 0.881. The molecule has 266 valence electrons. The molecule has 0 saturated heterocycles. The molecule has 57 heavy (non-hydrogen) atoms. The third-order valence-electron chi connectivity index (χ3n) is 11.5. The molecule has 4 heteroatoms. The number of para-hydroxylation sites is 4. The van der Waals surface area contributed by atoms with Gasteiger partial charge in [-0.15, -0.1) is 0 Å². The molecule has 4 heterocycles. The third kappa shape index (κ3) is 4.77. The second-order valence-corrected chi connectivity index (χ2v) is 14.7. The second-order valence-electron chi connectivity index (χ2n) is 14.7. The number of pyridine rings is 1. The molecule has 0 amide bonds. The van der Waals surface area contributed by atoms with E-state index < -0.39 is 0 Å². The van der Waals surface area contributed by atoms with Crippen LogP contribution in [0.4, 0.5) is 0 Å². The van der Waals surface area contributed by atoms with Gasteiger partial charge in [0.25, 0.3) is 0 Å². The molecule has 4 aromatic heterocycles. The average molecular weight is 728 g/mol. The lowest BCUT2D eigenvalue weighted by molar-refractivity contribution is 0.671. The summed E-state index contributed by atoms with van der Waals surface area (Å²) in [5.41, 5.74) is 14.8. The van der Waals surface area contributed by atoms with Crippen molar-refractivity contribution in [2.24, 2.45) is 0 Å². The van der Waals surface area contributed by atoms with Crippen LogP contribution in [0.2, 0.25) is 0 Å². The van der Waals surface area contributed by atoms with Crippen molar-refractivity contribution in [3.05, 3.63) is 200 Å². The van der Waals surface area contributed by atoms with Crippen molar-refractivity contribution in [3.63, 3.8) is 0 Å². The van der Waals surface area contributed by atoms with Crippen LogP contribution in [0.1, 0.15) is 0 Å². The predicted molar refractivity (Wildman–Crippen MR) is 237 cm³/mol. The highest BCUT2D eigenvalue weighted by atomic mass is 16.3. The van der Waals surface area contributed by atoms with E-state index in [2.05, 4.69) is 197 Å². The lowest BCUT2D eigenvalue weighted by atomic mass is 9.99. The van der Waals surface area contributed by atoms with Gasteiger partial charge in [0.2, 0.25) is 0 Å². The molecule has 0 aliphatic rings. The van der Waals surface area contributed by atoms with Crippen molar-refractivity contribution < 1.29 is 4.42 Å². The summed E-state index contributed by atoms with van der Waals surface area (Å²) in [5, 5.41) is 7.02. The first kappa shape index (κ1) is 31.6. The molecular weight excluding hydrogens is 695 g/mol. The van der Waals surface area contributed by atoms with Gasteiger partial charge in [-0.2, -0.15) is 0 Å². The highest BCUT2D eigenvalue weighted by molar-refractivity contribution is 6.39. The summed E-state index contributed by atoms with van der Waals surface area (Å²) in [6, 6.07) is 71.0. The summed E-state index contributed by atoms with van der Waals surface area (Å²) >= 11 is 0. The monoisotopic (exact) mass is 727 g/mol. The van der Waals surface area contributed by atoms with Crippen molar-refractivity contribution in [2.75, 3.05) is 0 Å². The molecule has 0 radical (unpaired) electrons. The Morgan fingerprint density at radius 1 is 0.351 bits per heavy atom. The van der Waals surface area contributed by atoms with Gasteiger partial charge in [-0.05, 0) is 65.7 Å². The summed E-state index contributed by atoms with van der Waals surface area (Å²) in [6.07, 6.45) is 0. The molecule has 0 spiro atoms. The molecule has 12 aromatic rings. The average Bonchev–Trinajstić information content (AvgIpc) is 3.95. The number of aromatic nitrogens is 3. The van der Waals surface area contributed by atoms with Crippen molar-refractivity contribution in [2.45, 2.75) is 0 Å². The summed E-state index contributed by atoms with van der Waals surface area (Å²) in [7, 11) is 0. The van der Waals surface area contributed by atoms with E-state index >= 15 is 0 Å². The van der Waals surface area contributed by atoms with Gasteiger partial charge in [0, 0.05) is 54.8 Å². The maximum atomic E-state index is 7.00. The van der Waals surface area contributed by atoms with Gasteiger partial charge in [-0.25, -0.2) is 4.98 Å². The van der Waals surface area contributed by atoms with Crippen LogP contribution in [0.25, 0.3) is 111 Å². The minimum Gasteiger partial charge on any atom is -0.454 e. The Bertz CT molecular complexity index is 3430. The van der Waals surface area contributed by atoms with Crippen LogP contribution in [0.15, 0.2) is 205 Å². The van der Waals surface area contributed by atoms with E-state index in [0.717, 1.165) is 78.0 Å². The summed E-state index contributed by atoms with van der Waals surface area (Å²) in [4.78, 5) is 5.13. The van der Waals surface area contributed by atoms with Gasteiger partial charge in [-0.3, -0.25) is 0 Å². The number of nitrogens with zero attached hydrogens (tertiary/aromatic N) is 3. The van der Waals surface area contributed by atoms with Crippen LogP contribution in [0.5, 0.6) is 0 Å². The first-order chi connectivity index (χ1) is 28.3. The van der Waals surface area contributed by atoms with Gasteiger partial charge in [0.15, 0.2) is 5.58 Å². The SMILES string of the molecule is c1ccc(-c2cc(-c3ccc(-n4c5ccccc5c5c4c4oc6ccccc6c4c4c6ccccc6n(-c6ccccc6)c45)cc3)cc(-c3ccccc3)n2)cc1. The van der Waals surface area contributed by atoms with E-state index in [0.29, 0.717) is 0 Å². The lowest BCUT2D eigenvalue weighted by Crippen LogP contribution is -1.96. The van der Waals surface area contributed by atoms with E-state index in [1.165, 1.54) is 32.6 Å². The first-order valence-corrected chi connectivity index (χ1v) is 19.4. The minimum atomic E-state index is 0.881. The second kappa shape index (κ2) is 12.4. The van der Waals surface area contributed by atoms with Gasteiger partial charge in [-0.1, -0.05) is 146 Å². The Balaban J connectivity index is 1.16. The number of benzene rings is 8. The van der Waals surface area contributed by atoms with E-state index in [1.807, 2.05) is 12.1 Å². The maximum absolute atomic E-state index is 7.00. The van der Waals surface area contributed by atoms with Crippen LogP contribution < -0.4 is 0 Å². The summed E-state index contributed by atoms with van der Waals surface area (Å²) in [5.74, 6) is 0. The fourth-order valence-corrected chi connectivity index (χ4v) is 9.01. The van der Waals surface area contributed by atoms with Crippen molar-refractivity contribution in [1.82, 2.24) is 14.1 Å². The van der Waals surface area contributed by atoms with Crippen molar-refractivity contribution >= 4 is 65.6 Å². The van der Waals surface area contributed by atoms with Crippen LogP contribution in [0, 0.1) is 0 Å². The zero-order chi connectivity index (χ0) is 37.5. The highest BCUT2D eigenvalue weighted by Gasteiger charge is 2.27. The number of hydrogen-bond donors (Lipinski definition) is 0. The Labute approximate surface area is 328 Å². The fourth-order valence-electron chi connectivity index (χ4n) is 9.01. The van der Waals surface area contributed by atoms with E-state index in [-0.39, 0.29) is 0 Å². The van der Waals surface area contributed by atoms with Gasteiger partial charge in [0.1, 0.15) is 5.58 Å². The number of hydrogen-bond acceptors (Lipinski definition) is 2. The van der Waals surface area contributed by atoms with E-state index in [9.17, 15) is 0 Å². The van der Waals surface area contributed by atoms with Gasteiger partial charge in [0.05, 0.1) is 33.5 Å². The molecule has 0 aliphatic carbocycles. The van der Waals surface area contributed by atoms with E-state index in [4.69, 9.17) is 9.40 Å². The Morgan fingerprint density at radius 3 is 1.47 bits per heavy atom. The number of rotatable bonds is 5. The molecule has 0 aliphatic heterocycles. The summed E-state index contributed by atoms with van der Waals surface area (Å²) in [6.45, 7) is 0. The molecule has 8 aromatic carbocycles. The molecule has 0 N–H and O–H groups in total. The standard InChI is InChI=1S/C53H33N3O/c1-4-16-35(17-5-1)43-32-37(33-44(54-43)36-18-6-2-7-19-36)34-28-30-39(31-29-34)56-46-26-14-11-23-41(46)50-51-48(49-42-24-12-15-27-47(42)57-53(49)52(50)56)40-22-10-13-25-45(40)55(51)38-20-8-3-9-21-38/h1-33H. The van der Waals surface area contributed by atoms with Gasteiger partial charge < -0.3 is 13.6 Å². The molecule has 0 unspecified atom stereocenters. The molecule has 4 nitrogen and oxygen atoms in total. The number of fused-ring (bicyclic) bond motifs is 12. The van der Waals surface area contributed by atoms with Gasteiger partial charge >= 0.3 is 0 Å². The third-order valence-corrected chi connectivity index (χ3v) is 11.5. The fraction of sp³-hybridized carbons (Fsp3) is 0. The van der Waals surface area contributed by atoms with E-state index in [1.54, 1.807) is 0 Å². The van der Waals surface area contributed by atoms with Crippen LogP contribution in [-0.4, -0.2) is 14.1 Å². The van der Waals surface area contributed by atoms with Crippen LogP contribution in [0.3, 0.4) is 0 Å². The molecule has 0 saturated carbocycles. The Morgan fingerprint density at radius 2 is 0.842 bits per heavy atom. The smallest absolute Gasteiger partial charge is 0.160 e. The van der Waals surface area contributed by atoms with Crippen molar-refractivity contribution in [3.8, 4) is 45.0 Å².